The fraction of sp³-hybridized carbons (Fsp3) is 0.133. The molecular formula is C15H14F2N2O. The average Bonchev–Trinajstić information content (AvgIpc) is 2.44. The number of anilines is 1. The van der Waals surface area contributed by atoms with Crippen molar-refractivity contribution in [1.29, 1.82) is 0 Å². The normalized spacial score (nSPS) is 10.3. The van der Waals surface area contributed by atoms with Gasteiger partial charge in [-0.3, -0.25) is 4.79 Å². The highest BCUT2D eigenvalue weighted by molar-refractivity contribution is 6.04. The van der Waals surface area contributed by atoms with E-state index < -0.39 is 17.5 Å². The summed E-state index contributed by atoms with van der Waals surface area (Å²) in [6, 6.07) is 10.3. The molecule has 5 heteroatoms. The van der Waals surface area contributed by atoms with E-state index in [1.54, 1.807) is 12.1 Å². The average molecular weight is 276 g/mol. The Morgan fingerprint density at radius 3 is 2.35 bits per heavy atom. The van der Waals surface area contributed by atoms with Gasteiger partial charge in [-0.1, -0.05) is 12.1 Å². The SMILES string of the molecule is CNCc1ccc(NC(=O)c2ccc(F)c(F)c2)cc1. The first kappa shape index (κ1) is 14.1. The summed E-state index contributed by atoms with van der Waals surface area (Å²) >= 11 is 0. The van der Waals surface area contributed by atoms with Crippen LogP contribution in [0.3, 0.4) is 0 Å². The summed E-state index contributed by atoms with van der Waals surface area (Å²) in [5.74, 6) is -2.50. The van der Waals surface area contributed by atoms with Crippen LogP contribution in [-0.4, -0.2) is 13.0 Å². The number of carbonyl (C=O) groups is 1. The smallest absolute Gasteiger partial charge is 0.255 e. The van der Waals surface area contributed by atoms with Crippen LogP contribution in [0.4, 0.5) is 14.5 Å². The van der Waals surface area contributed by atoms with Gasteiger partial charge in [0.1, 0.15) is 0 Å². The van der Waals surface area contributed by atoms with Crippen LogP contribution in [0.5, 0.6) is 0 Å². The number of halogens is 2. The van der Waals surface area contributed by atoms with Crippen molar-refractivity contribution in [3.8, 4) is 0 Å². The second-order valence-corrected chi connectivity index (χ2v) is 4.31. The third-order valence-corrected chi connectivity index (χ3v) is 2.77. The Labute approximate surface area is 115 Å². The van der Waals surface area contributed by atoms with Crippen molar-refractivity contribution in [3.05, 3.63) is 65.2 Å². The van der Waals surface area contributed by atoms with Crippen LogP contribution in [-0.2, 0) is 6.54 Å². The standard InChI is InChI=1S/C15H14F2N2O/c1-18-9-10-2-5-12(6-3-10)19-15(20)11-4-7-13(16)14(17)8-11/h2-8,18H,9H2,1H3,(H,19,20). The first-order chi connectivity index (χ1) is 9.60. The van der Waals surface area contributed by atoms with Crippen molar-refractivity contribution in [3.63, 3.8) is 0 Å². The molecule has 0 fully saturated rings. The molecule has 20 heavy (non-hydrogen) atoms. The van der Waals surface area contributed by atoms with E-state index >= 15 is 0 Å². The molecule has 0 saturated heterocycles. The Morgan fingerprint density at radius 2 is 1.75 bits per heavy atom. The maximum absolute atomic E-state index is 13.1. The topological polar surface area (TPSA) is 41.1 Å². The lowest BCUT2D eigenvalue weighted by atomic mass is 10.1. The molecule has 0 aliphatic carbocycles. The summed E-state index contributed by atoms with van der Waals surface area (Å²) in [6.45, 7) is 0.734. The van der Waals surface area contributed by atoms with Crippen LogP contribution in [0.25, 0.3) is 0 Å². The quantitative estimate of drug-likeness (QED) is 0.901. The van der Waals surface area contributed by atoms with Crippen LogP contribution < -0.4 is 10.6 Å². The monoisotopic (exact) mass is 276 g/mol. The molecule has 0 atom stereocenters. The number of benzene rings is 2. The van der Waals surface area contributed by atoms with Crippen LogP contribution in [0.1, 0.15) is 15.9 Å². The lowest BCUT2D eigenvalue weighted by Gasteiger charge is -2.07. The van der Waals surface area contributed by atoms with E-state index in [4.69, 9.17) is 0 Å². The van der Waals surface area contributed by atoms with Gasteiger partial charge in [-0.15, -0.1) is 0 Å². The molecule has 3 nitrogen and oxygen atoms in total. The number of hydrogen-bond acceptors (Lipinski definition) is 2. The highest BCUT2D eigenvalue weighted by Crippen LogP contribution is 2.13. The number of hydrogen-bond donors (Lipinski definition) is 2. The number of amides is 1. The molecule has 2 aromatic carbocycles. The predicted octanol–water partition coefficient (Wildman–Crippen LogP) is 2.94. The van der Waals surface area contributed by atoms with Crippen LogP contribution >= 0.6 is 0 Å². The van der Waals surface area contributed by atoms with Gasteiger partial charge in [0.15, 0.2) is 11.6 Å². The highest BCUT2D eigenvalue weighted by atomic mass is 19.2. The molecule has 0 saturated carbocycles. The molecule has 2 aromatic rings. The molecule has 0 spiro atoms. The zero-order valence-corrected chi connectivity index (χ0v) is 10.9. The van der Waals surface area contributed by atoms with Crippen molar-refractivity contribution in [2.75, 3.05) is 12.4 Å². The molecule has 0 bridgehead atoms. The van der Waals surface area contributed by atoms with Gasteiger partial charge < -0.3 is 10.6 Å². The summed E-state index contributed by atoms with van der Waals surface area (Å²) in [6.07, 6.45) is 0. The van der Waals surface area contributed by atoms with E-state index in [1.807, 2.05) is 19.2 Å². The van der Waals surface area contributed by atoms with Gasteiger partial charge >= 0.3 is 0 Å². The lowest BCUT2D eigenvalue weighted by Crippen LogP contribution is -2.12. The van der Waals surface area contributed by atoms with Crippen LogP contribution in [0, 0.1) is 11.6 Å². The van der Waals surface area contributed by atoms with Crippen molar-refractivity contribution in [2.24, 2.45) is 0 Å². The molecule has 0 aliphatic rings. The van der Waals surface area contributed by atoms with Gasteiger partial charge in [-0.2, -0.15) is 0 Å². The van der Waals surface area contributed by atoms with Crippen molar-refractivity contribution in [1.82, 2.24) is 5.32 Å². The minimum absolute atomic E-state index is 0.0724. The van der Waals surface area contributed by atoms with Crippen LogP contribution in [0.2, 0.25) is 0 Å². The first-order valence-corrected chi connectivity index (χ1v) is 6.10. The Kier molecular flexibility index (Phi) is 4.42. The summed E-state index contributed by atoms with van der Waals surface area (Å²) in [5.41, 5.74) is 1.75. The summed E-state index contributed by atoms with van der Waals surface area (Å²) < 4.78 is 25.8. The number of rotatable bonds is 4. The minimum Gasteiger partial charge on any atom is -0.322 e. The molecule has 2 N–H and O–H groups in total. The van der Waals surface area contributed by atoms with E-state index in [0.717, 1.165) is 24.2 Å². The Bertz CT molecular complexity index is 612. The molecule has 1 amide bonds. The predicted molar refractivity (Wildman–Crippen MR) is 73.5 cm³/mol. The van der Waals surface area contributed by atoms with E-state index in [-0.39, 0.29) is 5.56 Å². The fourth-order valence-corrected chi connectivity index (χ4v) is 1.75. The summed E-state index contributed by atoms with van der Waals surface area (Å²) in [5, 5.41) is 5.64. The second-order valence-electron chi connectivity index (χ2n) is 4.31. The molecule has 0 unspecified atom stereocenters. The van der Waals surface area contributed by atoms with E-state index in [0.29, 0.717) is 5.69 Å². The van der Waals surface area contributed by atoms with E-state index in [1.165, 1.54) is 6.07 Å². The molecule has 2 rings (SSSR count). The zero-order valence-electron chi connectivity index (χ0n) is 10.9. The third-order valence-electron chi connectivity index (χ3n) is 2.77. The highest BCUT2D eigenvalue weighted by Gasteiger charge is 2.09. The maximum atomic E-state index is 13.1. The Morgan fingerprint density at radius 1 is 1.05 bits per heavy atom. The van der Waals surface area contributed by atoms with Gasteiger partial charge in [0.25, 0.3) is 5.91 Å². The molecule has 104 valence electrons. The van der Waals surface area contributed by atoms with Gasteiger partial charge in [-0.25, -0.2) is 8.78 Å². The Hall–Kier alpha value is -2.27. The number of nitrogens with one attached hydrogen (secondary N) is 2. The van der Waals surface area contributed by atoms with Gasteiger partial charge in [0, 0.05) is 17.8 Å². The van der Waals surface area contributed by atoms with Crippen molar-refractivity contribution in [2.45, 2.75) is 6.54 Å². The zero-order chi connectivity index (χ0) is 14.5. The molecule has 0 heterocycles. The molecule has 0 aromatic heterocycles. The maximum Gasteiger partial charge on any atom is 0.255 e. The molecule has 0 radical (unpaired) electrons. The van der Waals surface area contributed by atoms with E-state index in [9.17, 15) is 13.6 Å². The Balaban J connectivity index is 2.08. The van der Waals surface area contributed by atoms with Gasteiger partial charge in [0.2, 0.25) is 0 Å². The molecular weight excluding hydrogens is 262 g/mol. The third kappa shape index (κ3) is 3.39. The summed E-state index contributed by atoms with van der Waals surface area (Å²) in [4.78, 5) is 11.9. The lowest BCUT2D eigenvalue weighted by molar-refractivity contribution is 0.102. The fourth-order valence-electron chi connectivity index (χ4n) is 1.75. The number of carbonyl (C=O) groups excluding carboxylic acids is 1. The van der Waals surface area contributed by atoms with Crippen molar-refractivity contribution < 1.29 is 13.6 Å². The van der Waals surface area contributed by atoms with Gasteiger partial charge in [0.05, 0.1) is 0 Å². The van der Waals surface area contributed by atoms with Gasteiger partial charge in [-0.05, 0) is 42.9 Å². The van der Waals surface area contributed by atoms with Crippen molar-refractivity contribution >= 4 is 11.6 Å². The largest absolute Gasteiger partial charge is 0.322 e. The van der Waals surface area contributed by atoms with Crippen LogP contribution in [0.15, 0.2) is 42.5 Å². The first-order valence-electron chi connectivity index (χ1n) is 6.10. The molecule has 0 aliphatic heterocycles. The van der Waals surface area contributed by atoms with E-state index in [2.05, 4.69) is 10.6 Å². The summed E-state index contributed by atoms with van der Waals surface area (Å²) in [7, 11) is 1.85. The minimum atomic E-state index is -1.04. The second kappa shape index (κ2) is 6.25.